The maximum absolute atomic E-state index is 12.6. The van der Waals surface area contributed by atoms with Crippen molar-refractivity contribution >= 4 is 9.84 Å². The topological polar surface area (TPSA) is 74.6 Å². The Balaban J connectivity index is 2.73. The van der Waals surface area contributed by atoms with Gasteiger partial charge in [0.15, 0.2) is 0 Å². The van der Waals surface area contributed by atoms with Crippen LogP contribution in [0.3, 0.4) is 0 Å². The summed E-state index contributed by atoms with van der Waals surface area (Å²) in [6.07, 6.45) is 0. The third-order valence-electron chi connectivity index (χ3n) is 3.28. The van der Waals surface area contributed by atoms with Crippen LogP contribution in [0.25, 0.3) is 0 Å². The first-order valence-electron chi connectivity index (χ1n) is 6.09. The van der Waals surface area contributed by atoms with E-state index in [4.69, 9.17) is 0 Å². The number of benzene rings is 2. The lowest BCUT2D eigenvalue weighted by Crippen LogP contribution is -2.05. The maximum atomic E-state index is 12.6. The summed E-state index contributed by atoms with van der Waals surface area (Å²) in [6.45, 7) is 4.91. The number of aromatic hydroxyl groups is 2. The molecule has 0 heterocycles. The van der Waals surface area contributed by atoms with Crippen LogP contribution in [0.2, 0.25) is 0 Å². The monoisotopic (exact) mass is 292 g/mol. The summed E-state index contributed by atoms with van der Waals surface area (Å²) < 4.78 is 25.3. The molecule has 0 radical (unpaired) electrons. The molecule has 0 aliphatic rings. The fourth-order valence-corrected chi connectivity index (χ4v) is 3.74. The van der Waals surface area contributed by atoms with E-state index in [-0.39, 0.29) is 21.3 Å². The van der Waals surface area contributed by atoms with Crippen molar-refractivity contribution in [3.8, 4) is 11.5 Å². The lowest BCUT2D eigenvalue weighted by Gasteiger charge is -2.12. The van der Waals surface area contributed by atoms with Gasteiger partial charge in [0.1, 0.15) is 16.4 Å². The zero-order valence-corrected chi connectivity index (χ0v) is 12.3. The van der Waals surface area contributed by atoms with Crippen molar-refractivity contribution in [2.75, 3.05) is 0 Å². The number of hydrogen-bond acceptors (Lipinski definition) is 4. The molecule has 0 amide bonds. The predicted octanol–water partition coefficient (Wildman–Crippen LogP) is 2.86. The summed E-state index contributed by atoms with van der Waals surface area (Å²) in [6, 6.07) is 7.40. The fraction of sp³-hybridized carbons (Fsp3) is 0.200. The highest BCUT2D eigenvalue weighted by molar-refractivity contribution is 7.91. The molecule has 2 aromatic carbocycles. The van der Waals surface area contributed by atoms with E-state index in [9.17, 15) is 18.6 Å². The van der Waals surface area contributed by atoms with Gasteiger partial charge in [0.25, 0.3) is 0 Å². The van der Waals surface area contributed by atoms with E-state index in [2.05, 4.69) is 0 Å². The molecular weight excluding hydrogens is 276 g/mol. The lowest BCUT2D eigenvalue weighted by atomic mass is 10.1. The molecule has 0 fully saturated rings. The molecule has 0 saturated carbocycles. The average Bonchev–Trinajstić information content (AvgIpc) is 2.37. The lowest BCUT2D eigenvalue weighted by molar-refractivity contribution is 0.453. The number of sulfone groups is 1. The molecule has 20 heavy (non-hydrogen) atoms. The van der Waals surface area contributed by atoms with Crippen LogP contribution in [-0.4, -0.2) is 18.6 Å². The van der Waals surface area contributed by atoms with Crippen molar-refractivity contribution in [1.29, 1.82) is 0 Å². The van der Waals surface area contributed by atoms with Crippen LogP contribution < -0.4 is 0 Å². The zero-order valence-electron chi connectivity index (χ0n) is 11.5. The van der Waals surface area contributed by atoms with Gasteiger partial charge in [-0.25, -0.2) is 8.42 Å². The van der Waals surface area contributed by atoms with Crippen LogP contribution in [0.4, 0.5) is 0 Å². The molecule has 0 unspecified atom stereocenters. The third kappa shape index (κ3) is 2.25. The first-order chi connectivity index (χ1) is 9.25. The fourth-order valence-electron chi connectivity index (χ4n) is 2.02. The molecule has 106 valence electrons. The molecule has 4 nitrogen and oxygen atoms in total. The second-order valence-electron chi connectivity index (χ2n) is 4.83. The molecule has 0 bridgehead atoms. The standard InChI is InChI=1S/C15H16O4S/c1-9-4-5-10(2)15(14(9)17)20(18,19)12-6-7-13(16)11(3)8-12/h4-8,16-17H,1-3H3. The Kier molecular flexibility index (Phi) is 3.48. The van der Waals surface area contributed by atoms with Crippen molar-refractivity contribution in [2.24, 2.45) is 0 Å². The molecule has 0 atom stereocenters. The van der Waals surface area contributed by atoms with Gasteiger partial charge in [-0.05, 0) is 55.7 Å². The number of phenolic OH excluding ortho intramolecular Hbond substituents is 2. The normalized spacial score (nSPS) is 11.6. The predicted molar refractivity (Wildman–Crippen MR) is 75.9 cm³/mol. The summed E-state index contributed by atoms with van der Waals surface area (Å²) in [4.78, 5) is -0.0283. The average molecular weight is 292 g/mol. The highest BCUT2D eigenvalue weighted by Crippen LogP contribution is 2.35. The molecule has 2 rings (SSSR count). The van der Waals surface area contributed by atoms with E-state index in [0.29, 0.717) is 16.7 Å². The van der Waals surface area contributed by atoms with Gasteiger partial charge in [0.05, 0.1) is 4.90 Å². The number of aryl methyl sites for hydroxylation is 3. The molecule has 0 aliphatic carbocycles. The van der Waals surface area contributed by atoms with Gasteiger partial charge in [-0.1, -0.05) is 12.1 Å². The van der Waals surface area contributed by atoms with Gasteiger partial charge in [-0.2, -0.15) is 0 Å². The highest BCUT2D eigenvalue weighted by Gasteiger charge is 2.25. The van der Waals surface area contributed by atoms with E-state index in [1.165, 1.54) is 18.2 Å². The van der Waals surface area contributed by atoms with Gasteiger partial charge in [0, 0.05) is 0 Å². The first-order valence-corrected chi connectivity index (χ1v) is 7.57. The van der Waals surface area contributed by atoms with E-state index >= 15 is 0 Å². The Bertz CT molecular complexity index is 777. The molecular formula is C15H16O4S. The molecule has 2 N–H and O–H groups in total. The molecule has 5 heteroatoms. The summed E-state index contributed by atoms with van der Waals surface area (Å²) in [7, 11) is -3.82. The first kappa shape index (κ1) is 14.4. The Labute approximate surface area is 118 Å². The SMILES string of the molecule is Cc1cc(S(=O)(=O)c2c(C)ccc(C)c2O)ccc1O. The minimum atomic E-state index is -3.82. The van der Waals surface area contributed by atoms with Gasteiger partial charge < -0.3 is 10.2 Å². The Hall–Kier alpha value is -2.01. The molecule has 0 saturated heterocycles. The maximum Gasteiger partial charge on any atom is 0.210 e. The quantitative estimate of drug-likeness (QED) is 0.892. The minimum Gasteiger partial charge on any atom is -0.508 e. The van der Waals surface area contributed by atoms with Crippen molar-refractivity contribution in [3.05, 3.63) is 47.0 Å². The summed E-state index contributed by atoms with van der Waals surface area (Å²) in [5.74, 6) is -0.190. The molecule has 0 aromatic heterocycles. The van der Waals surface area contributed by atoms with Crippen LogP contribution >= 0.6 is 0 Å². The van der Waals surface area contributed by atoms with Crippen LogP contribution in [-0.2, 0) is 9.84 Å². The Morgan fingerprint density at radius 3 is 2.05 bits per heavy atom. The van der Waals surface area contributed by atoms with Gasteiger partial charge in [0.2, 0.25) is 9.84 Å². The summed E-state index contributed by atoms with van der Waals surface area (Å²) in [5.41, 5.74) is 1.46. The molecule has 2 aromatic rings. The number of hydrogen-bond donors (Lipinski definition) is 2. The van der Waals surface area contributed by atoms with Crippen molar-refractivity contribution < 1.29 is 18.6 Å². The Morgan fingerprint density at radius 1 is 0.850 bits per heavy atom. The Morgan fingerprint density at radius 2 is 1.45 bits per heavy atom. The van der Waals surface area contributed by atoms with E-state index < -0.39 is 9.84 Å². The van der Waals surface area contributed by atoms with Crippen LogP contribution in [0.15, 0.2) is 40.1 Å². The van der Waals surface area contributed by atoms with Gasteiger partial charge in [-0.3, -0.25) is 0 Å². The smallest absolute Gasteiger partial charge is 0.210 e. The summed E-state index contributed by atoms with van der Waals surface area (Å²) >= 11 is 0. The largest absolute Gasteiger partial charge is 0.508 e. The van der Waals surface area contributed by atoms with Crippen LogP contribution in [0.1, 0.15) is 16.7 Å². The zero-order chi connectivity index (χ0) is 15.1. The highest BCUT2D eigenvalue weighted by atomic mass is 32.2. The molecule has 0 spiro atoms. The van der Waals surface area contributed by atoms with E-state index in [1.807, 2.05) is 0 Å². The third-order valence-corrected chi connectivity index (χ3v) is 5.20. The second kappa shape index (κ2) is 4.83. The summed E-state index contributed by atoms with van der Waals surface area (Å²) in [5, 5.41) is 19.6. The second-order valence-corrected chi connectivity index (χ2v) is 6.72. The van der Waals surface area contributed by atoms with Crippen molar-refractivity contribution in [3.63, 3.8) is 0 Å². The van der Waals surface area contributed by atoms with Crippen LogP contribution in [0.5, 0.6) is 11.5 Å². The van der Waals surface area contributed by atoms with Crippen LogP contribution in [0, 0.1) is 20.8 Å². The van der Waals surface area contributed by atoms with Gasteiger partial charge in [-0.15, -0.1) is 0 Å². The van der Waals surface area contributed by atoms with E-state index in [1.54, 1.807) is 32.9 Å². The number of phenols is 2. The van der Waals surface area contributed by atoms with Crippen molar-refractivity contribution in [2.45, 2.75) is 30.6 Å². The molecule has 0 aliphatic heterocycles. The van der Waals surface area contributed by atoms with E-state index in [0.717, 1.165) is 0 Å². The van der Waals surface area contributed by atoms with Crippen molar-refractivity contribution in [1.82, 2.24) is 0 Å². The minimum absolute atomic E-state index is 0.0362. The number of rotatable bonds is 2. The van der Waals surface area contributed by atoms with Gasteiger partial charge >= 0.3 is 0 Å².